The number of amides is 2. The molecule has 0 radical (unpaired) electrons. The summed E-state index contributed by atoms with van der Waals surface area (Å²) < 4.78 is 0. The third-order valence-corrected chi connectivity index (χ3v) is 3.11. The fourth-order valence-corrected chi connectivity index (χ4v) is 1.93. The molecule has 0 aromatic heterocycles. The van der Waals surface area contributed by atoms with Gasteiger partial charge in [-0.25, -0.2) is 0 Å². The second-order valence-electron chi connectivity index (χ2n) is 4.57. The largest absolute Gasteiger partial charge is 0.508 e. The second-order valence-corrected chi connectivity index (χ2v) is 5.01. The van der Waals surface area contributed by atoms with Gasteiger partial charge in [-0.15, -0.1) is 0 Å². The first kappa shape index (κ1) is 15.7. The fraction of sp³-hybridized carbons (Fsp3) is 0.0667. The Bertz CT molecular complexity index is 746. The number of anilines is 2. The molecule has 0 heterocycles. The number of aromatic hydroxyl groups is 2. The van der Waals surface area contributed by atoms with Crippen LogP contribution in [0.15, 0.2) is 36.4 Å². The molecule has 0 aliphatic heterocycles. The number of carbonyl (C=O) groups excluding carboxylic acids is 2. The molecule has 0 aliphatic carbocycles. The molecule has 2 aromatic carbocycles. The maximum atomic E-state index is 11.8. The van der Waals surface area contributed by atoms with Crippen molar-refractivity contribution >= 4 is 34.8 Å². The molecule has 7 heteroatoms. The van der Waals surface area contributed by atoms with Gasteiger partial charge in [0.2, 0.25) is 0 Å². The highest BCUT2D eigenvalue weighted by Crippen LogP contribution is 2.26. The summed E-state index contributed by atoms with van der Waals surface area (Å²) in [6, 6.07) is 8.41. The molecule has 22 heavy (non-hydrogen) atoms. The number of benzene rings is 2. The van der Waals surface area contributed by atoms with Crippen LogP contribution in [0.4, 0.5) is 11.4 Å². The summed E-state index contributed by atoms with van der Waals surface area (Å²) in [5, 5.41) is 23.9. The standard InChI is InChI=1S/C15H13ClN2O4/c1-8-6-10(19)3-4-11(8)17-14(21)15(22)18-12-7-9(16)2-5-13(12)20/h2-7,19-20H,1H3,(H,17,21)(H,18,22). The molecule has 2 amide bonds. The van der Waals surface area contributed by atoms with E-state index in [0.29, 0.717) is 16.3 Å². The topological polar surface area (TPSA) is 98.7 Å². The Hall–Kier alpha value is -2.73. The molecule has 0 spiro atoms. The van der Waals surface area contributed by atoms with E-state index in [1.165, 1.54) is 36.4 Å². The summed E-state index contributed by atoms with van der Waals surface area (Å²) in [4.78, 5) is 23.7. The molecule has 114 valence electrons. The van der Waals surface area contributed by atoms with E-state index in [-0.39, 0.29) is 17.2 Å². The minimum Gasteiger partial charge on any atom is -0.508 e. The monoisotopic (exact) mass is 320 g/mol. The van der Waals surface area contributed by atoms with Crippen LogP contribution in [0.1, 0.15) is 5.56 Å². The highest BCUT2D eigenvalue weighted by atomic mass is 35.5. The Labute approximate surface area is 131 Å². The van der Waals surface area contributed by atoms with Gasteiger partial charge >= 0.3 is 11.8 Å². The average Bonchev–Trinajstić information content (AvgIpc) is 2.45. The van der Waals surface area contributed by atoms with Gasteiger partial charge in [0.1, 0.15) is 11.5 Å². The SMILES string of the molecule is Cc1cc(O)ccc1NC(=O)C(=O)Nc1cc(Cl)ccc1O. The molecule has 6 nitrogen and oxygen atoms in total. The van der Waals surface area contributed by atoms with E-state index in [9.17, 15) is 19.8 Å². The van der Waals surface area contributed by atoms with Gasteiger partial charge < -0.3 is 20.8 Å². The summed E-state index contributed by atoms with van der Waals surface area (Å²) in [7, 11) is 0. The predicted octanol–water partition coefficient (Wildman–Crippen LogP) is 2.64. The highest BCUT2D eigenvalue weighted by Gasteiger charge is 2.16. The second kappa shape index (κ2) is 6.36. The summed E-state index contributed by atoms with van der Waals surface area (Å²) >= 11 is 5.76. The molecule has 0 bridgehead atoms. The Morgan fingerprint density at radius 3 is 2.23 bits per heavy atom. The highest BCUT2D eigenvalue weighted by molar-refractivity contribution is 6.44. The van der Waals surface area contributed by atoms with Crippen molar-refractivity contribution in [1.29, 1.82) is 0 Å². The van der Waals surface area contributed by atoms with Crippen LogP contribution in [-0.2, 0) is 9.59 Å². The van der Waals surface area contributed by atoms with Gasteiger partial charge in [-0.3, -0.25) is 9.59 Å². The van der Waals surface area contributed by atoms with E-state index in [4.69, 9.17) is 11.6 Å². The van der Waals surface area contributed by atoms with Gasteiger partial charge in [0.15, 0.2) is 0 Å². The maximum absolute atomic E-state index is 11.8. The predicted molar refractivity (Wildman–Crippen MR) is 83.2 cm³/mol. The molecule has 2 rings (SSSR count). The minimum atomic E-state index is -0.954. The first-order chi connectivity index (χ1) is 10.4. The average molecular weight is 321 g/mol. The Morgan fingerprint density at radius 2 is 1.59 bits per heavy atom. The zero-order valence-corrected chi connectivity index (χ0v) is 12.3. The Balaban J connectivity index is 2.09. The number of aryl methyl sites for hydroxylation is 1. The van der Waals surface area contributed by atoms with E-state index in [0.717, 1.165) is 0 Å². The molecule has 0 saturated heterocycles. The van der Waals surface area contributed by atoms with Crippen LogP contribution in [0.3, 0.4) is 0 Å². The molecule has 4 N–H and O–H groups in total. The number of rotatable bonds is 2. The van der Waals surface area contributed by atoms with E-state index < -0.39 is 11.8 Å². The molecular formula is C15H13ClN2O4. The molecule has 0 atom stereocenters. The van der Waals surface area contributed by atoms with E-state index in [1.54, 1.807) is 6.92 Å². The zero-order valence-electron chi connectivity index (χ0n) is 11.6. The first-order valence-electron chi connectivity index (χ1n) is 6.27. The maximum Gasteiger partial charge on any atom is 0.314 e. The molecule has 0 saturated carbocycles. The smallest absolute Gasteiger partial charge is 0.314 e. The number of hydrogen-bond acceptors (Lipinski definition) is 4. The summed E-state index contributed by atoms with van der Waals surface area (Å²) in [6.07, 6.45) is 0. The van der Waals surface area contributed by atoms with Crippen molar-refractivity contribution in [1.82, 2.24) is 0 Å². The quantitative estimate of drug-likeness (QED) is 0.388. The Morgan fingerprint density at radius 1 is 0.955 bits per heavy atom. The van der Waals surface area contributed by atoms with Crippen LogP contribution in [0.25, 0.3) is 0 Å². The zero-order chi connectivity index (χ0) is 16.3. The van der Waals surface area contributed by atoms with Crippen molar-refractivity contribution in [3.63, 3.8) is 0 Å². The summed E-state index contributed by atoms with van der Waals surface area (Å²) in [5.41, 5.74) is 1.04. The number of hydrogen-bond donors (Lipinski definition) is 4. The van der Waals surface area contributed by atoms with E-state index in [2.05, 4.69) is 10.6 Å². The third-order valence-electron chi connectivity index (χ3n) is 2.87. The number of carbonyl (C=O) groups is 2. The number of phenols is 2. The van der Waals surface area contributed by atoms with Crippen molar-refractivity contribution in [3.05, 3.63) is 47.0 Å². The van der Waals surface area contributed by atoms with Gasteiger partial charge in [0.25, 0.3) is 0 Å². The van der Waals surface area contributed by atoms with Crippen LogP contribution in [-0.4, -0.2) is 22.0 Å². The summed E-state index contributed by atoms with van der Waals surface area (Å²) in [6.45, 7) is 1.68. The van der Waals surface area contributed by atoms with Crippen LogP contribution < -0.4 is 10.6 Å². The van der Waals surface area contributed by atoms with Crippen LogP contribution in [0.5, 0.6) is 11.5 Å². The van der Waals surface area contributed by atoms with Gasteiger partial charge in [0.05, 0.1) is 5.69 Å². The number of nitrogens with one attached hydrogen (secondary N) is 2. The van der Waals surface area contributed by atoms with Crippen molar-refractivity contribution in [2.24, 2.45) is 0 Å². The van der Waals surface area contributed by atoms with Crippen LogP contribution in [0.2, 0.25) is 5.02 Å². The van der Waals surface area contributed by atoms with Crippen molar-refractivity contribution in [2.45, 2.75) is 6.92 Å². The molecule has 2 aromatic rings. The number of halogens is 1. The molecule has 0 fully saturated rings. The lowest BCUT2D eigenvalue weighted by Gasteiger charge is -2.10. The lowest BCUT2D eigenvalue weighted by molar-refractivity contribution is -0.133. The fourth-order valence-electron chi connectivity index (χ4n) is 1.75. The van der Waals surface area contributed by atoms with Crippen LogP contribution >= 0.6 is 11.6 Å². The Kier molecular flexibility index (Phi) is 4.53. The molecular weight excluding hydrogens is 308 g/mol. The molecule has 0 unspecified atom stereocenters. The first-order valence-corrected chi connectivity index (χ1v) is 6.65. The van der Waals surface area contributed by atoms with Gasteiger partial charge in [-0.2, -0.15) is 0 Å². The van der Waals surface area contributed by atoms with Gasteiger partial charge in [0, 0.05) is 10.7 Å². The lowest BCUT2D eigenvalue weighted by atomic mass is 10.2. The van der Waals surface area contributed by atoms with E-state index >= 15 is 0 Å². The molecule has 0 aliphatic rings. The summed E-state index contributed by atoms with van der Waals surface area (Å²) in [5.74, 6) is -2.01. The van der Waals surface area contributed by atoms with Gasteiger partial charge in [-0.05, 0) is 48.9 Å². The van der Waals surface area contributed by atoms with Gasteiger partial charge in [-0.1, -0.05) is 11.6 Å². The minimum absolute atomic E-state index is 0.0371. The lowest BCUT2D eigenvalue weighted by Crippen LogP contribution is -2.29. The third kappa shape index (κ3) is 3.67. The van der Waals surface area contributed by atoms with Crippen LogP contribution in [0, 0.1) is 6.92 Å². The van der Waals surface area contributed by atoms with Crippen molar-refractivity contribution in [2.75, 3.05) is 10.6 Å². The van der Waals surface area contributed by atoms with E-state index in [1.807, 2.05) is 0 Å². The van der Waals surface area contributed by atoms with Crippen molar-refractivity contribution in [3.8, 4) is 11.5 Å². The normalized spacial score (nSPS) is 10.1. The number of phenolic OH excluding ortho intramolecular Hbond substituents is 2. The van der Waals surface area contributed by atoms with Crippen molar-refractivity contribution < 1.29 is 19.8 Å².